The largest absolute Gasteiger partial charge is 0.491 e. The first kappa shape index (κ1) is 20.1. The molecule has 2 aromatic heterocycles. The number of Topliss-reactive ketones (excluding diaryl/α,β-unsaturated/α-hetero) is 1. The van der Waals surface area contributed by atoms with Gasteiger partial charge in [-0.3, -0.25) is 4.79 Å². The molecule has 9 nitrogen and oxygen atoms in total. The minimum absolute atomic E-state index is 0.00431. The van der Waals surface area contributed by atoms with Crippen molar-refractivity contribution >= 4 is 34.5 Å². The molecule has 0 unspecified atom stereocenters. The summed E-state index contributed by atoms with van der Waals surface area (Å²) in [6, 6.07) is 7.29. The molecule has 0 saturated heterocycles. The number of aromatic nitrogens is 2. The lowest BCUT2D eigenvalue weighted by atomic mass is 10.1. The van der Waals surface area contributed by atoms with Gasteiger partial charge in [-0.25, -0.2) is 14.2 Å². The molecule has 0 amide bonds. The van der Waals surface area contributed by atoms with E-state index < -0.39 is 29.0 Å². The number of halogens is 1. The number of aliphatic carboxylic acids is 1. The van der Waals surface area contributed by atoms with E-state index in [1.807, 2.05) is 0 Å². The summed E-state index contributed by atoms with van der Waals surface area (Å²) in [7, 11) is 0. The highest BCUT2D eigenvalue weighted by Crippen LogP contribution is 2.31. The molecule has 4 rings (SSSR count). The van der Waals surface area contributed by atoms with Gasteiger partial charge >= 0.3 is 5.97 Å². The molecular formula is C21H16FN3O6. The van der Waals surface area contributed by atoms with Crippen molar-refractivity contribution in [3.63, 3.8) is 0 Å². The number of nitrogens with zero attached hydrogens (tertiary/aromatic N) is 1. The number of fused-ring (bicyclic) bond motifs is 1. The SMILES string of the molecule is O=C(O)C1=C(Nc2ccc(OCCO)cc2F)O/C(=C\c2c[nH]c3ncccc23)C1=O. The number of ether oxygens (including phenoxy) is 2. The van der Waals surface area contributed by atoms with Crippen LogP contribution < -0.4 is 10.1 Å². The van der Waals surface area contributed by atoms with Crippen LogP contribution in [0.25, 0.3) is 17.1 Å². The van der Waals surface area contributed by atoms with Crippen LogP contribution >= 0.6 is 0 Å². The van der Waals surface area contributed by atoms with Crippen LogP contribution in [-0.4, -0.2) is 45.1 Å². The molecule has 31 heavy (non-hydrogen) atoms. The van der Waals surface area contributed by atoms with Crippen molar-refractivity contribution in [1.82, 2.24) is 9.97 Å². The Morgan fingerprint density at radius 3 is 2.94 bits per heavy atom. The van der Waals surface area contributed by atoms with Gasteiger partial charge in [-0.1, -0.05) is 0 Å². The van der Waals surface area contributed by atoms with E-state index in [0.717, 1.165) is 6.07 Å². The fourth-order valence-electron chi connectivity index (χ4n) is 3.02. The van der Waals surface area contributed by atoms with E-state index in [1.165, 1.54) is 18.2 Å². The second kappa shape index (κ2) is 8.28. The Bertz CT molecular complexity index is 1250. The number of hydrogen-bond donors (Lipinski definition) is 4. The van der Waals surface area contributed by atoms with Gasteiger partial charge < -0.3 is 30.0 Å². The molecule has 0 radical (unpaired) electrons. The van der Waals surface area contributed by atoms with E-state index in [9.17, 15) is 19.1 Å². The van der Waals surface area contributed by atoms with Gasteiger partial charge in [-0.2, -0.15) is 0 Å². The van der Waals surface area contributed by atoms with Crippen LogP contribution in [-0.2, 0) is 14.3 Å². The molecule has 0 atom stereocenters. The van der Waals surface area contributed by atoms with Crippen LogP contribution in [0.3, 0.4) is 0 Å². The van der Waals surface area contributed by atoms with Gasteiger partial charge in [0.1, 0.15) is 23.8 Å². The number of anilines is 1. The molecule has 0 bridgehead atoms. The van der Waals surface area contributed by atoms with Crippen molar-refractivity contribution in [2.75, 3.05) is 18.5 Å². The van der Waals surface area contributed by atoms with E-state index in [2.05, 4.69) is 15.3 Å². The number of carbonyl (C=O) groups excluding carboxylic acids is 1. The number of aliphatic hydroxyl groups excluding tert-OH is 1. The molecule has 1 aromatic carbocycles. The Balaban J connectivity index is 1.63. The van der Waals surface area contributed by atoms with Crippen molar-refractivity contribution in [2.45, 2.75) is 0 Å². The molecule has 158 valence electrons. The summed E-state index contributed by atoms with van der Waals surface area (Å²) in [5.41, 5.74) is 0.406. The third-order valence-corrected chi connectivity index (χ3v) is 4.42. The summed E-state index contributed by atoms with van der Waals surface area (Å²) in [6.07, 6.45) is 4.61. The van der Waals surface area contributed by atoms with Crippen LogP contribution in [0, 0.1) is 5.82 Å². The molecular weight excluding hydrogens is 409 g/mol. The summed E-state index contributed by atoms with van der Waals surface area (Å²) in [5.74, 6) is -3.57. The number of rotatable bonds is 7. The summed E-state index contributed by atoms with van der Waals surface area (Å²) in [4.78, 5) is 31.4. The second-order valence-corrected chi connectivity index (χ2v) is 6.43. The molecule has 0 spiro atoms. The normalized spacial score (nSPS) is 14.9. The summed E-state index contributed by atoms with van der Waals surface area (Å²) < 4.78 is 25.0. The Morgan fingerprint density at radius 1 is 1.35 bits per heavy atom. The lowest BCUT2D eigenvalue weighted by Gasteiger charge is -2.11. The van der Waals surface area contributed by atoms with Gasteiger partial charge in [-0.15, -0.1) is 0 Å². The van der Waals surface area contributed by atoms with Gasteiger partial charge in [0.15, 0.2) is 11.3 Å². The summed E-state index contributed by atoms with van der Waals surface area (Å²) >= 11 is 0. The first-order valence-corrected chi connectivity index (χ1v) is 9.12. The molecule has 3 aromatic rings. The standard InChI is InChI=1S/C21H16FN3O6/c22-14-9-12(30-7-6-26)3-4-15(14)25-20-17(21(28)29)18(27)16(31-20)8-11-10-24-19-13(11)2-1-5-23-19/h1-5,8-10,25-26H,6-7H2,(H,23,24)(H,28,29)/b16-8-. The van der Waals surface area contributed by atoms with Crippen molar-refractivity contribution in [1.29, 1.82) is 0 Å². The number of benzene rings is 1. The molecule has 1 aliphatic heterocycles. The number of carboxylic acids is 1. The second-order valence-electron chi connectivity index (χ2n) is 6.43. The van der Waals surface area contributed by atoms with Gasteiger partial charge in [0.05, 0.1) is 12.3 Å². The molecule has 4 N–H and O–H groups in total. The number of ketones is 1. The Morgan fingerprint density at radius 2 is 2.19 bits per heavy atom. The minimum Gasteiger partial charge on any atom is -0.491 e. The molecule has 0 saturated carbocycles. The van der Waals surface area contributed by atoms with E-state index in [-0.39, 0.29) is 30.4 Å². The smallest absolute Gasteiger partial charge is 0.345 e. The molecule has 3 heterocycles. The zero-order valence-electron chi connectivity index (χ0n) is 15.9. The zero-order valence-corrected chi connectivity index (χ0v) is 15.9. The van der Waals surface area contributed by atoms with Crippen molar-refractivity contribution < 1.29 is 33.7 Å². The van der Waals surface area contributed by atoms with Gasteiger partial charge in [0.25, 0.3) is 0 Å². The number of carboxylic acid groups (broad SMARTS) is 1. The number of nitrogens with one attached hydrogen (secondary N) is 2. The number of hydrogen-bond acceptors (Lipinski definition) is 7. The number of carbonyl (C=O) groups is 2. The fourth-order valence-corrected chi connectivity index (χ4v) is 3.02. The predicted octanol–water partition coefficient (Wildman–Crippen LogP) is 2.42. The van der Waals surface area contributed by atoms with Gasteiger partial charge in [0.2, 0.25) is 11.7 Å². The Hall–Kier alpha value is -4.18. The number of H-pyrrole nitrogens is 1. The molecule has 0 aliphatic carbocycles. The van der Waals surface area contributed by atoms with Crippen LogP contribution in [0.5, 0.6) is 5.75 Å². The van der Waals surface area contributed by atoms with E-state index in [1.54, 1.807) is 24.5 Å². The third kappa shape index (κ3) is 3.96. The van der Waals surface area contributed by atoms with Crippen LogP contribution in [0.4, 0.5) is 10.1 Å². The number of pyridine rings is 1. The average Bonchev–Trinajstić information content (AvgIpc) is 3.29. The monoisotopic (exact) mass is 425 g/mol. The average molecular weight is 425 g/mol. The maximum Gasteiger partial charge on any atom is 0.345 e. The van der Waals surface area contributed by atoms with Gasteiger partial charge in [-0.05, 0) is 30.3 Å². The van der Waals surface area contributed by atoms with E-state index in [0.29, 0.717) is 16.6 Å². The van der Waals surface area contributed by atoms with Crippen molar-refractivity contribution in [2.24, 2.45) is 0 Å². The first-order chi connectivity index (χ1) is 15.0. The Kier molecular flexibility index (Phi) is 5.37. The predicted molar refractivity (Wildman–Crippen MR) is 107 cm³/mol. The topological polar surface area (TPSA) is 134 Å². The third-order valence-electron chi connectivity index (χ3n) is 4.42. The minimum atomic E-state index is -1.51. The number of aromatic amines is 1. The first-order valence-electron chi connectivity index (χ1n) is 9.12. The highest BCUT2D eigenvalue weighted by atomic mass is 19.1. The lowest BCUT2D eigenvalue weighted by molar-refractivity contribution is -0.134. The zero-order chi connectivity index (χ0) is 22.0. The highest BCUT2D eigenvalue weighted by molar-refractivity contribution is 6.26. The fraction of sp³-hybridized carbons (Fsp3) is 0.0952. The van der Waals surface area contributed by atoms with E-state index >= 15 is 0 Å². The highest BCUT2D eigenvalue weighted by Gasteiger charge is 2.36. The molecule has 1 aliphatic rings. The number of allylic oxidation sites excluding steroid dienone is 1. The maximum absolute atomic E-state index is 14.4. The molecule has 10 heteroatoms. The van der Waals surface area contributed by atoms with E-state index in [4.69, 9.17) is 14.6 Å². The molecule has 0 fully saturated rings. The summed E-state index contributed by atoms with van der Waals surface area (Å²) in [5, 5.41) is 21.5. The lowest BCUT2D eigenvalue weighted by Crippen LogP contribution is -2.12. The van der Waals surface area contributed by atoms with Crippen LogP contribution in [0.1, 0.15) is 5.56 Å². The van der Waals surface area contributed by atoms with Crippen LogP contribution in [0.15, 0.2) is 59.9 Å². The number of aliphatic hydroxyl groups is 1. The maximum atomic E-state index is 14.4. The quantitative estimate of drug-likeness (QED) is 0.335. The van der Waals surface area contributed by atoms with Crippen molar-refractivity contribution in [3.8, 4) is 5.75 Å². The van der Waals surface area contributed by atoms with Crippen molar-refractivity contribution in [3.05, 3.63) is 71.3 Å². The van der Waals surface area contributed by atoms with Crippen LogP contribution in [0.2, 0.25) is 0 Å². The Labute approximate surface area is 174 Å². The summed E-state index contributed by atoms with van der Waals surface area (Å²) in [6.45, 7) is -0.232. The van der Waals surface area contributed by atoms with Gasteiger partial charge in [0, 0.05) is 29.4 Å².